The van der Waals surface area contributed by atoms with Crippen LogP contribution in [0.2, 0.25) is 0 Å². The number of benzene rings is 1. The third kappa shape index (κ3) is 2.36. The molecule has 5 heteroatoms. The van der Waals surface area contributed by atoms with Gasteiger partial charge in [0.25, 0.3) is 6.23 Å². The van der Waals surface area contributed by atoms with E-state index < -0.39 is 0 Å². The molecule has 1 saturated heterocycles. The van der Waals surface area contributed by atoms with Gasteiger partial charge in [-0.15, -0.1) is 0 Å². The zero-order valence-corrected chi connectivity index (χ0v) is 10.9. The van der Waals surface area contributed by atoms with Crippen molar-refractivity contribution in [2.75, 3.05) is 39.3 Å². The van der Waals surface area contributed by atoms with E-state index in [1.165, 1.54) is 9.80 Å². The normalized spacial score (nSPS) is 29.9. The van der Waals surface area contributed by atoms with Crippen molar-refractivity contribution in [1.82, 2.24) is 0 Å². The largest absolute Gasteiger partial charge is 0.404 e. The molecular formula is C14H20N2O3+2. The van der Waals surface area contributed by atoms with Crippen LogP contribution in [0.1, 0.15) is 22.1 Å². The number of carbonyl (C=O) groups excluding carboxylic acids is 1. The molecule has 0 saturated carbocycles. The summed E-state index contributed by atoms with van der Waals surface area (Å²) in [5.74, 6) is -0.196. The van der Waals surface area contributed by atoms with Gasteiger partial charge in [0.05, 0.1) is 17.7 Å². The number of esters is 1. The maximum atomic E-state index is 11.8. The highest BCUT2D eigenvalue weighted by atomic mass is 16.6. The fraction of sp³-hybridized carbons (Fsp3) is 0.500. The molecule has 0 aliphatic carbocycles. The Bertz CT molecular complexity index is 470. The molecule has 5 nitrogen and oxygen atoms in total. The highest BCUT2D eigenvalue weighted by molar-refractivity contribution is 5.93. The third-order valence-corrected chi connectivity index (χ3v) is 4.12. The van der Waals surface area contributed by atoms with Gasteiger partial charge in [0.2, 0.25) is 0 Å². The lowest BCUT2D eigenvalue weighted by atomic mass is 10.1. The summed E-state index contributed by atoms with van der Waals surface area (Å²) in [6, 6.07) is 7.66. The molecule has 0 amide bonds. The van der Waals surface area contributed by atoms with Crippen molar-refractivity contribution < 1.29 is 24.4 Å². The van der Waals surface area contributed by atoms with Crippen molar-refractivity contribution in [3.05, 3.63) is 35.4 Å². The summed E-state index contributed by atoms with van der Waals surface area (Å²) < 4.78 is 5.53. The molecule has 1 aromatic carbocycles. The predicted molar refractivity (Wildman–Crippen MR) is 67.9 cm³/mol. The summed E-state index contributed by atoms with van der Waals surface area (Å²) >= 11 is 0. The zero-order chi connectivity index (χ0) is 13.2. The number of aliphatic hydroxyl groups is 1. The highest BCUT2D eigenvalue weighted by Gasteiger charge is 2.40. The average molecular weight is 264 g/mol. The number of rotatable bonds is 3. The van der Waals surface area contributed by atoms with Gasteiger partial charge < -0.3 is 14.7 Å². The van der Waals surface area contributed by atoms with E-state index in [-0.39, 0.29) is 18.8 Å². The first-order valence-electron chi connectivity index (χ1n) is 6.88. The smallest absolute Gasteiger partial charge is 0.343 e. The fourth-order valence-corrected chi connectivity index (χ4v) is 3.04. The van der Waals surface area contributed by atoms with Gasteiger partial charge in [0.15, 0.2) is 0 Å². The number of hydrogen-bond donors (Lipinski definition) is 3. The van der Waals surface area contributed by atoms with Crippen LogP contribution < -0.4 is 9.80 Å². The van der Waals surface area contributed by atoms with Crippen LogP contribution in [0, 0.1) is 0 Å². The van der Waals surface area contributed by atoms with Gasteiger partial charge in [0.1, 0.15) is 32.7 Å². The molecule has 2 aliphatic rings. The molecule has 0 bridgehead atoms. The van der Waals surface area contributed by atoms with Gasteiger partial charge in [-0.1, -0.05) is 12.1 Å². The summed E-state index contributed by atoms with van der Waals surface area (Å²) in [6.07, 6.45) is -0.139. The van der Waals surface area contributed by atoms with Crippen LogP contribution in [0.5, 0.6) is 0 Å². The van der Waals surface area contributed by atoms with Gasteiger partial charge in [-0.3, -0.25) is 4.90 Å². The van der Waals surface area contributed by atoms with Crippen molar-refractivity contribution in [2.45, 2.75) is 6.23 Å². The zero-order valence-electron chi connectivity index (χ0n) is 10.9. The van der Waals surface area contributed by atoms with Crippen molar-refractivity contribution in [3.8, 4) is 0 Å². The van der Waals surface area contributed by atoms with Crippen LogP contribution >= 0.6 is 0 Å². The molecule has 0 radical (unpaired) electrons. The highest BCUT2D eigenvalue weighted by Crippen LogP contribution is 2.25. The van der Waals surface area contributed by atoms with E-state index >= 15 is 0 Å². The van der Waals surface area contributed by atoms with Gasteiger partial charge in [0, 0.05) is 0 Å². The van der Waals surface area contributed by atoms with Crippen molar-refractivity contribution in [1.29, 1.82) is 0 Å². The van der Waals surface area contributed by atoms with Crippen molar-refractivity contribution in [2.24, 2.45) is 0 Å². The molecule has 3 N–H and O–H groups in total. The van der Waals surface area contributed by atoms with E-state index in [0.29, 0.717) is 5.56 Å². The second-order valence-electron chi connectivity index (χ2n) is 5.25. The Hall–Kier alpha value is -1.43. The molecule has 3 rings (SSSR count). The second kappa shape index (κ2) is 5.28. The van der Waals surface area contributed by atoms with Crippen molar-refractivity contribution in [3.63, 3.8) is 0 Å². The summed E-state index contributed by atoms with van der Waals surface area (Å²) in [7, 11) is 0. The molecule has 19 heavy (non-hydrogen) atoms. The van der Waals surface area contributed by atoms with Crippen LogP contribution in [0.4, 0.5) is 0 Å². The van der Waals surface area contributed by atoms with E-state index in [1.54, 1.807) is 0 Å². The third-order valence-electron chi connectivity index (χ3n) is 4.12. The molecule has 1 aromatic rings. The average Bonchev–Trinajstić information content (AvgIpc) is 2.78. The predicted octanol–water partition coefficient (Wildman–Crippen LogP) is -2.37. The first kappa shape index (κ1) is 12.6. The van der Waals surface area contributed by atoms with Crippen LogP contribution in [0.3, 0.4) is 0 Å². The summed E-state index contributed by atoms with van der Waals surface area (Å²) in [5, 5.41) is 8.96. The van der Waals surface area contributed by atoms with Gasteiger partial charge >= 0.3 is 5.97 Å². The Morgan fingerprint density at radius 1 is 1.21 bits per heavy atom. The molecule has 2 heterocycles. The van der Waals surface area contributed by atoms with E-state index in [0.717, 1.165) is 38.3 Å². The molecule has 2 aliphatic heterocycles. The lowest BCUT2D eigenvalue weighted by molar-refractivity contribution is -1.04. The SMILES string of the molecule is O=C1OC([NH+]2CC[NH+](CCO)CC2)c2ccccc21. The second-order valence-corrected chi connectivity index (χ2v) is 5.25. The molecular weight excluding hydrogens is 244 g/mol. The van der Waals surface area contributed by atoms with E-state index in [2.05, 4.69) is 0 Å². The number of nitrogens with one attached hydrogen (secondary N) is 2. The number of cyclic esters (lactones) is 1. The van der Waals surface area contributed by atoms with Gasteiger partial charge in [-0.2, -0.15) is 0 Å². The van der Waals surface area contributed by atoms with Gasteiger partial charge in [-0.25, -0.2) is 4.79 Å². The van der Waals surface area contributed by atoms with E-state index in [1.807, 2.05) is 24.3 Å². The number of carbonyl (C=O) groups is 1. The number of piperazine rings is 1. The molecule has 0 aromatic heterocycles. The van der Waals surface area contributed by atoms with Crippen LogP contribution in [-0.2, 0) is 4.74 Å². The van der Waals surface area contributed by atoms with Crippen LogP contribution in [0.25, 0.3) is 0 Å². The van der Waals surface area contributed by atoms with Crippen molar-refractivity contribution >= 4 is 5.97 Å². The minimum atomic E-state index is -0.196. The molecule has 1 unspecified atom stereocenters. The number of ether oxygens (including phenoxy) is 1. The number of hydrogen-bond acceptors (Lipinski definition) is 3. The Morgan fingerprint density at radius 2 is 1.95 bits per heavy atom. The minimum Gasteiger partial charge on any atom is -0.404 e. The Morgan fingerprint density at radius 3 is 2.68 bits per heavy atom. The van der Waals surface area contributed by atoms with E-state index in [4.69, 9.17) is 9.84 Å². The quantitative estimate of drug-likeness (QED) is 0.535. The maximum absolute atomic E-state index is 11.8. The summed E-state index contributed by atoms with van der Waals surface area (Å²) in [5.41, 5.74) is 1.73. The minimum absolute atomic E-state index is 0.139. The molecule has 0 spiro atoms. The number of fused-ring (bicyclic) bond motifs is 1. The van der Waals surface area contributed by atoms with Gasteiger partial charge in [-0.05, 0) is 12.1 Å². The Labute approximate surface area is 112 Å². The topological polar surface area (TPSA) is 55.4 Å². The Kier molecular flexibility index (Phi) is 3.50. The Balaban J connectivity index is 1.70. The fourth-order valence-electron chi connectivity index (χ4n) is 3.04. The van der Waals surface area contributed by atoms with E-state index in [9.17, 15) is 4.79 Å². The number of aliphatic hydroxyl groups excluding tert-OH is 1. The molecule has 1 fully saturated rings. The molecule has 1 atom stereocenters. The first-order valence-corrected chi connectivity index (χ1v) is 6.88. The maximum Gasteiger partial charge on any atom is 0.343 e. The molecule has 102 valence electrons. The number of quaternary nitrogens is 2. The first-order chi connectivity index (χ1) is 9.29. The summed E-state index contributed by atoms with van der Waals surface area (Å²) in [4.78, 5) is 14.6. The summed E-state index contributed by atoms with van der Waals surface area (Å²) in [6.45, 7) is 5.04. The standard InChI is InChI=1S/C14H18N2O3/c17-10-9-15-5-7-16(8-6-15)13-11-3-1-2-4-12(11)14(18)19-13/h1-4,13,17H,5-10H2/p+2. The van der Waals surface area contributed by atoms with Crippen LogP contribution in [-0.4, -0.2) is 50.4 Å². The lowest BCUT2D eigenvalue weighted by Crippen LogP contribution is -3.28. The van der Waals surface area contributed by atoms with Crippen LogP contribution in [0.15, 0.2) is 24.3 Å². The monoisotopic (exact) mass is 264 g/mol. The lowest BCUT2D eigenvalue weighted by Gasteiger charge is -2.32.